The zero-order chi connectivity index (χ0) is 16.8. The van der Waals surface area contributed by atoms with E-state index in [0.717, 1.165) is 28.8 Å². The molecular formula is C19H24N2O2. The number of carbonyl (C=O) groups excluding carboxylic acids is 1. The van der Waals surface area contributed by atoms with Gasteiger partial charge in [-0.25, -0.2) is 0 Å². The average Bonchev–Trinajstić information content (AvgIpc) is 2.54. The van der Waals surface area contributed by atoms with Crippen LogP contribution in [0.4, 0.5) is 11.4 Å². The molecule has 23 heavy (non-hydrogen) atoms. The van der Waals surface area contributed by atoms with Crippen LogP contribution in [0, 0.1) is 0 Å². The summed E-state index contributed by atoms with van der Waals surface area (Å²) in [6, 6.07) is 13.9. The van der Waals surface area contributed by atoms with Crippen molar-refractivity contribution >= 4 is 17.7 Å². The number of anilines is 2. The van der Waals surface area contributed by atoms with E-state index < -0.39 is 0 Å². The molecule has 2 aromatic rings. The number of nitrogens with zero attached hydrogens (tertiary/aromatic N) is 2. The van der Waals surface area contributed by atoms with Crippen molar-refractivity contribution in [3.63, 3.8) is 0 Å². The summed E-state index contributed by atoms with van der Waals surface area (Å²) in [5, 5.41) is 0. The van der Waals surface area contributed by atoms with Crippen LogP contribution in [0.3, 0.4) is 0 Å². The molecule has 0 radical (unpaired) electrons. The standard InChI is InChI=1S/C19H24N2O2/c1-20(2)18-11-6-5-8-16(18)13-23-14-17-10-7-9-15(12-22)19(17)21(3)4/h5-12H,13-14H2,1-4H3. The first-order valence-corrected chi connectivity index (χ1v) is 7.62. The van der Waals surface area contributed by atoms with Crippen LogP contribution in [-0.2, 0) is 18.0 Å². The van der Waals surface area contributed by atoms with E-state index in [0.29, 0.717) is 18.8 Å². The lowest BCUT2D eigenvalue weighted by Gasteiger charge is -2.20. The van der Waals surface area contributed by atoms with Gasteiger partial charge in [0.1, 0.15) is 0 Å². The monoisotopic (exact) mass is 312 g/mol. The molecule has 122 valence electrons. The third-order valence-corrected chi connectivity index (χ3v) is 3.71. The fraction of sp³-hybridized carbons (Fsp3) is 0.316. The molecule has 0 N–H and O–H groups in total. The summed E-state index contributed by atoms with van der Waals surface area (Å²) in [6.07, 6.45) is 0.889. The van der Waals surface area contributed by atoms with Gasteiger partial charge in [-0.05, 0) is 12.1 Å². The van der Waals surface area contributed by atoms with Crippen molar-refractivity contribution in [2.24, 2.45) is 0 Å². The maximum absolute atomic E-state index is 11.2. The molecule has 0 saturated carbocycles. The Hall–Kier alpha value is -2.33. The van der Waals surface area contributed by atoms with E-state index in [-0.39, 0.29) is 0 Å². The van der Waals surface area contributed by atoms with Gasteiger partial charge < -0.3 is 14.5 Å². The zero-order valence-corrected chi connectivity index (χ0v) is 14.2. The lowest BCUT2D eigenvalue weighted by molar-refractivity contribution is 0.107. The fourth-order valence-electron chi connectivity index (χ4n) is 2.71. The Balaban J connectivity index is 2.12. The molecule has 0 aromatic heterocycles. The molecule has 2 rings (SSSR count). The first-order valence-electron chi connectivity index (χ1n) is 7.62. The first-order chi connectivity index (χ1) is 11.0. The highest BCUT2D eigenvalue weighted by Crippen LogP contribution is 2.25. The highest BCUT2D eigenvalue weighted by molar-refractivity contribution is 5.85. The van der Waals surface area contributed by atoms with Crippen molar-refractivity contribution in [2.75, 3.05) is 38.0 Å². The maximum atomic E-state index is 11.2. The second-order valence-corrected chi connectivity index (χ2v) is 5.88. The van der Waals surface area contributed by atoms with E-state index in [1.807, 2.05) is 63.4 Å². The summed E-state index contributed by atoms with van der Waals surface area (Å²) in [5.74, 6) is 0. The lowest BCUT2D eigenvalue weighted by atomic mass is 10.1. The second-order valence-electron chi connectivity index (χ2n) is 5.88. The van der Waals surface area contributed by atoms with Gasteiger partial charge in [0, 0.05) is 50.6 Å². The molecular weight excluding hydrogens is 288 g/mol. The van der Waals surface area contributed by atoms with Gasteiger partial charge in [-0.2, -0.15) is 0 Å². The molecule has 2 aromatic carbocycles. The van der Waals surface area contributed by atoms with Crippen LogP contribution < -0.4 is 9.80 Å². The van der Waals surface area contributed by atoms with E-state index in [4.69, 9.17) is 4.74 Å². The summed E-state index contributed by atoms with van der Waals surface area (Å²) in [4.78, 5) is 15.3. The van der Waals surface area contributed by atoms with Gasteiger partial charge in [-0.3, -0.25) is 4.79 Å². The number of para-hydroxylation sites is 2. The summed E-state index contributed by atoms with van der Waals surface area (Å²) in [5.41, 5.74) is 4.92. The molecule has 4 heteroatoms. The third kappa shape index (κ3) is 4.11. The van der Waals surface area contributed by atoms with Crippen molar-refractivity contribution in [2.45, 2.75) is 13.2 Å². The minimum Gasteiger partial charge on any atom is -0.377 e. The molecule has 0 atom stereocenters. The highest BCUT2D eigenvalue weighted by Gasteiger charge is 2.10. The van der Waals surface area contributed by atoms with Gasteiger partial charge in [0.15, 0.2) is 6.29 Å². The van der Waals surface area contributed by atoms with Crippen LogP contribution in [0.2, 0.25) is 0 Å². The SMILES string of the molecule is CN(C)c1ccccc1COCc1cccc(C=O)c1N(C)C. The Morgan fingerprint density at radius 2 is 1.52 bits per heavy atom. The van der Waals surface area contributed by atoms with Gasteiger partial charge in [0.2, 0.25) is 0 Å². The van der Waals surface area contributed by atoms with Gasteiger partial charge in [-0.1, -0.05) is 30.3 Å². The van der Waals surface area contributed by atoms with E-state index >= 15 is 0 Å². The minimum absolute atomic E-state index is 0.469. The Kier molecular flexibility index (Phi) is 5.77. The second kappa shape index (κ2) is 7.79. The predicted molar refractivity (Wildman–Crippen MR) is 95.4 cm³/mol. The Morgan fingerprint density at radius 3 is 2.17 bits per heavy atom. The predicted octanol–water partition coefficient (Wildman–Crippen LogP) is 3.35. The van der Waals surface area contributed by atoms with Crippen LogP contribution in [0.1, 0.15) is 21.5 Å². The summed E-state index contributed by atoms with van der Waals surface area (Å²) in [6.45, 7) is 1.00. The molecule has 0 fully saturated rings. The van der Waals surface area contributed by atoms with Gasteiger partial charge in [0.05, 0.1) is 18.9 Å². The van der Waals surface area contributed by atoms with Crippen LogP contribution in [0.25, 0.3) is 0 Å². The fourth-order valence-corrected chi connectivity index (χ4v) is 2.71. The molecule has 0 bridgehead atoms. The van der Waals surface area contributed by atoms with Crippen LogP contribution in [-0.4, -0.2) is 34.5 Å². The Labute approximate surface area is 138 Å². The molecule has 4 nitrogen and oxygen atoms in total. The first kappa shape index (κ1) is 17.0. The average molecular weight is 312 g/mol. The van der Waals surface area contributed by atoms with Crippen LogP contribution in [0.5, 0.6) is 0 Å². The smallest absolute Gasteiger partial charge is 0.152 e. The lowest BCUT2D eigenvalue weighted by Crippen LogP contribution is -2.15. The summed E-state index contributed by atoms with van der Waals surface area (Å²) < 4.78 is 5.92. The normalized spacial score (nSPS) is 10.4. The highest BCUT2D eigenvalue weighted by atomic mass is 16.5. The van der Waals surface area contributed by atoms with E-state index in [2.05, 4.69) is 17.0 Å². The number of ether oxygens (including phenoxy) is 1. The third-order valence-electron chi connectivity index (χ3n) is 3.71. The number of hydrogen-bond acceptors (Lipinski definition) is 4. The molecule has 0 saturated heterocycles. The van der Waals surface area contributed by atoms with E-state index in [1.165, 1.54) is 0 Å². The quantitative estimate of drug-likeness (QED) is 0.734. The summed E-state index contributed by atoms with van der Waals surface area (Å²) >= 11 is 0. The molecule has 0 heterocycles. The largest absolute Gasteiger partial charge is 0.377 e. The van der Waals surface area contributed by atoms with Gasteiger partial charge >= 0.3 is 0 Å². The number of carbonyl (C=O) groups is 1. The molecule has 0 unspecified atom stereocenters. The topological polar surface area (TPSA) is 32.8 Å². The number of rotatable bonds is 7. The van der Waals surface area contributed by atoms with Crippen molar-refractivity contribution in [1.29, 1.82) is 0 Å². The maximum Gasteiger partial charge on any atom is 0.152 e. The van der Waals surface area contributed by atoms with Crippen LogP contribution in [0.15, 0.2) is 42.5 Å². The zero-order valence-electron chi connectivity index (χ0n) is 14.2. The van der Waals surface area contributed by atoms with Crippen molar-refractivity contribution in [3.8, 4) is 0 Å². The van der Waals surface area contributed by atoms with Crippen molar-refractivity contribution in [3.05, 3.63) is 59.2 Å². The van der Waals surface area contributed by atoms with E-state index in [1.54, 1.807) is 0 Å². The molecule has 0 aliphatic rings. The van der Waals surface area contributed by atoms with Crippen molar-refractivity contribution in [1.82, 2.24) is 0 Å². The number of aldehydes is 1. The Bertz CT molecular complexity index is 666. The van der Waals surface area contributed by atoms with Gasteiger partial charge in [0.25, 0.3) is 0 Å². The summed E-state index contributed by atoms with van der Waals surface area (Å²) in [7, 11) is 7.92. The molecule has 0 amide bonds. The Morgan fingerprint density at radius 1 is 0.870 bits per heavy atom. The van der Waals surface area contributed by atoms with Gasteiger partial charge in [-0.15, -0.1) is 0 Å². The minimum atomic E-state index is 0.469. The molecule has 0 aliphatic carbocycles. The number of hydrogen-bond donors (Lipinski definition) is 0. The van der Waals surface area contributed by atoms with Crippen molar-refractivity contribution < 1.29 is 9.53 Å². The number of benzene rings is 2. The van der Waals surface area contributed by atoms with Crippen LogP contribution >= 0.6 is 0 Å². The molecule has 0 spiro atoms. The molecule has 0 aliphatic heterocycles. The van der Waals surface area contributed by atoms with E-state index in [9.17, 15) is 4.79 Å².